The molecule has 0 saturated heterocycles. The fraction of sp³-hybridized carbons (Fsp3) is 0.538. The van der Waals surface area contributed by atoms with Crippen molar-refractivity contribution in [3.8, 4) is 0 Å². The fourth-order valence-corrected chi connectivity index (χ4v) is 2.17. The topological polar surface area (TPSA) is 38.5 Å². The SMILES string of the molecule is CCN(CCOC)C(CN)c1cc(Cl)ccc1F. The van der Waals surface area contributed by atoms with Crippen LogP contribution in [0.5, 0.6) is 0 Å². The Morgan fingerprint density at radius 3 is 2.78 bits per heavy atom. The average Bonchev–Trinajstić information content (AvgIpc) is 2.38. The molecule has 0 bridgehead atoms. The number of methoxy groups -OCH3 is 1. The molecule has 1 aromatic carbocycles. The van der Waals surface area contributed by atoms with Crippen molar-refractivity contribution in [2.75, 3.05) is 33.4 Å². The van der Waals surface area contributed by atoms with Crippen LogP contribution >= 0.6 is 11.6 Å². The maximum absolute atomic E-state index is 13.9. The number of ether oxygens (including phenoxy) is 1. The number of hydrogen-bond acceptors (Lipinski definition) is 3. The predicted molar refractivity (Wildman–Crippen MR) is 72.3 cm³/mol. The van der Waals surface area contributed by atoms with E-state index in [0.717, 1.165) is 6.54 Å². The zero-order valence-electron chi connectivity index (χ0n) is 10.8. The lowest BCUT2D eigenvalue weighted by atomic mass is 10.0. The Morgan fingerprint density at radius 1 is 1.50 bits per heavy atom. The predicted octanol–water partition coefficient (Wildman–Crippen LogP) is 2.45. The summed E-state index contributed by atoms with van der Waals surface area (Å²) < 4.78 is 18.9. The number of nitrogens with zero attached hydrogens (tertiary/aromatic N) is 1. The lowest BCUT2D eigenvalue weighted by Gasteiger charge is -2.30. The van der Waals surface area contributed by atoms with E-state index in [1.54, 1.807) is 19.2 Å². The molecule has 0 aliphatic heterocycles. The van der Waals surface area contributed by atoms with Gasteiger partial charge in [-0.15, -0.1) is 0 Å². The Labute approximate surface area is 113 Å². The minimum atomic E-state index is -0.272. The first-order valence-corrected chi connectivity index (χ1v) is 6.39. The molecular formula is C13H20ClFN2O. The zero-order valence-corrected chi connectivity index (χ0v) is 11.6. The van der Waals surface area contributed by atoms with Crippen molar-refractivity contribution in [2.24, 2.45) is 5.73 Å². The number of nitrogens with two attached hydrogens (primary N) is 1. The van der Waals surface area contributed by atoms with E-state index in [1.165, 1.54) is 6.07 Å². The molecular weight excluding hydrogens is 255 g/mol. The van der Waals surface area contributed by atoms with Crippen molar-refractivity contribution in [3.63, 3.8) is 0 Å². The summed E-state index contributed by atoms with van der Waals surface area (Å²) in [7, 11) is 1.64. The first-order valence-electron chi connectivity index (χ1n) is 6.02. The molecule has 0 aliphatic rings. The van der Waals surface area contributed by atoms with E-state index in [0.29, 0.717) is 30.3 Å². The van der Waals surface area contributed by atoms with E-state index in [1.807, 2.05) is 6.92 Å². The summed E-state index contributed by atoms with van der Waals surface area (Å²) in [5, 5.41) is 0.521. The number of halogens is 2. The second-order valence-corrected chi connectivity index (χ2v) is 4.48. The molecule has 0 heterocycles. The van der Waals surface area contributed by atoms with Crippen molar-refractivity contribution in [1.29, 1.82) is 0 Å². The van der Waals surface area contributed by atoms with E-state index in [-0.39, 0.29) is 11.9 Å². The minimum absolute atomic E-state index is 0.177. The van der Waals surface area contributed by atoms with Crippen LogP contribution in [0.3, 0.4) is 0 Å². The van der Waals surface area contributed by atoms with E-state index < -0.39 is 0 Å². The van der Waals surface area contributed by atoms with E-state index in [4.69, 9.17) is 22.1 Å². The van der Waals surface area contributed by atoms with E-state index >= 15 is 0 Å². The third-order valence-electron chi connectivity index (χ3n) is 2.97. The highest BCUT2D eigenvalue weighted by Crippen LogP contribution is 2.25. The maximum Gasteiger partial charge on any atom is 0.128 e. The second kappa shape index (κ2) is 7.69. The molecule has 0 amide bonds. The van der Waals surface area contributed by atoms with Crippen LogP contribution in [0.1, 0.15) is 18.5 Å². The zero-order chi connectivity index (χ0) is 13.5. The second-order valence-electron chi connectivity index (χ2n) is 4.04. The van der Waals surface area contributed by atoms with Crippen molar-refractivity contribution >= 4 is 11.6 Å². The Hall–Kier alpha value is -0.680. The van der Waals surface area contributed by atoms with Crippen molar-refractivity contribution in [3.05, 3.63) is 34.6 Å². The molecule has 0 fully saturated rings. The van der Waals surface area contributed by atoms with Crippen molar-refractivity contribution < 1.29 is 9.13 Å². The Bertz CT molecular complexity index is 376. The van der Waals surface area contributed by atoms with Gasteiger partial charge >= 0.3 is 0 Å². The smallest absolute Gasteiger partial charge is 0.128 e. The normalized spacial score (nSPS) is 13.0. The molecule has 1 aromatic rings. The highest BCUT2D eigenvalue weighted by atomic mass is 35.5. The Kier molecular flexibility index (Phi) is 6.57. The van der Waals surface area contributed by atoms with Gasteiger partial charge in [0.15, 0.2) is 0 Å². The molecule has 1 rings (SSSR count). The Balaban J connectivity index is 2.95. The molecule has 102 valence electrons. The molecule has 0 radical (unpaired) electrons. The summed E-state index contributed by atoms with van der Waals surface area (Å²) in [6.07, 6.45) is 0. The monoisotopic (exact) mass is 274 g/mol. The third kappa shape index (κ3) is 3.92. The van der Waals surface area contributed by atoms with Gasteiger partial charge in [-0.1, -0.05) is 18.5 Å². The van der Waals surface area contributed by atoms with Crippen LogP contribution < -0.4 is 5.73 Å². The summed E-state index contributed by atoms with van der Waals surface area (Å²) in [6, 6.07) is 4.39. The van der Waals surface area contributed by atoms with Gasteiger partial charge in [-0.3, -0.25) is 4.90 Å². The fourth-order valence-electron chi connectivity index (χ4n) is 1.99. The molecule has 0 aliphatic carbocycles. The van der Waals surface area contributed by atoms with Crippen LogP contribution in [0.4, 0.5) is 4.39 Å². The van der Waals surface area contributed by atoms with Gasteiger partial charge < -0.3 is 10.5 Å². The van der Waals surface area contributed by atoms with Gasteiger partial charge in [-0.25, -0.2) is 4.39 Å². The highest BCUT2D eigenvalue weighted by Gasteiger charge is 2.20. The number of rotatable bonds is 7. The van der Waals surface area contributed by atoms with Crippen LogP contribution in [0, 0.1) is 5.82 Å². The van der Waals surface area contributed by atoms with Crippen LogP contribution in [-0.4, -0.2) is 38.3 Å². The van der Waals surface area contributed by atoms with Crippen LogP contribution in [0.2, 0.25) is 5.02 Å². The van der Waals surface area contributed by atoms with E-state index in [9.17, 15) is 4.39 Å². The molecule has 0 aromatic heterocycles. The summed E-state index contributed by atoms with van der Waals surface area (Å²) in [5.74, 6) is -0.272. The molecule has 5 heteroatoms. The number of benzene rings is 1. The number of likely N-dealkylation sites (N-methyl/N-ethyl adjacent to an activating group) is 1. The summed E-state index contributed by atoms with van der Waals surface area (Å²) in [5.41, 5.74) is 6.32. The first kappa shape index (κ1) is 15.4. The molecule has 3 nitrogen and oxygen atoms in total. The van der Waals surface area contributed by atoms with Gasteiger partial charge in [0.1, 0.15) is 5.82 Å². The average molecular weight is 275 g/mol. The van der Waals surface area contributed by atoms with Crippen molar-refractivity contribution in [2.45, 2.75) is 13.0 Å². The Morgan fingerprint density at radius 2 is 2.22 bits per heavy atom. The van der Waals surface area contributed by atoms with Gasteiger partial charge in [-0.05, 0) is 24.7 Å². The minimum Gasteiger partial charge on any atom is -0.383 e. The van der Waals surface area contributed by atoms with Crippen LogP contribution in [0.15, 0.2) is 18.2 Å². The standard InChI is InChI=1S/C13H20ClFN2O/c1-3-17(6-7-18-2)13(9-16)11-8-10(14)4-5-12(11)15/h4-5,8,13H,3,6-7,9,16H2,1-2H3. The molecule has 2 N–H and O–H groups in total. The highest BCUT2D eigenvalue weighted by molar-refractivity contribution is 6.30. The maximum atomic E-state index is 13.9. The quantitative estimate of drug-likeness (QED) is 0.830. The van der Waals surface area contributed by atoms with Gasteiger partial charge in [-0.2, -0.15) is 0 Å². The molecule has 0 spiro atoms. The number of hydrogen-bond donors (Lipinski definition) is 1. The van der Waals surface area contributed by atoms with Gasteiger partial charge in [0.25, 0.3) is 0 Å². The van der Waals surface area contributed by atoms with Gasteiger partial charge in [0.2, 0.25) is 0 Å². The molecule has 1 unspecified atom stereocenters. The first-order chi connectivity index (χ1) is 8.63. The van der Waals surface area contributed by atoms with Crippen molar-refractivity contribution in [1.82, 2.24) is 4.90 Å². The van der Waals surface area contributed by atoms with Crippen LogP contribution in [-0.2, 0) is 4.74 Å². The molecule has 18 heavy (non-hydrogen) atoms. The van der Waals surface area contributed by atoms with Gasteiger partial charge in [0, 0.05) is 30.8 Å². The third-order valence-corrected chi connectivity index (χ3v) is 3.20. The lowest BCUT2D eigenvalue weighted by Crippen LogP contribution is -2.36. The largest absolute Gasteiger partial charge is 0.383 e. The molecule has 1 atom stereocenters. The summed E-state index contributed by atoms with van der Waals surface area (Å²) in [4.78, 5) is 2.08. The van der Waals surface area contributed by atoms with Crippen LogP contribution in [0.25, 0.3) is 0 Å². The van der Waals surface area contributed by atoms with E-state index in [2.05, 4.69) is 4.90 Å². The molecule has 0 saturated carbocycles. The van der Waals surface area contributed by atoms with Gasteiger partial charge in [0.05, 0.1) is 12.6 Å². The lowest BCUT2D eigenvalue weighted by molar-refractivity contribution is 0.124. The summed E-state index contributed by atoms with van der Waals surface area (Å²) >= 11 is 5.92. The summed E-state index contributed by atoms with van der Waals surface area (Å²) in [6.45, 7) is 4.43.